The molecule has 0 aliphatic carbocycles. The first kappa shape index (κ1) is 23.2. The number of carbonyl (C=O) groups is 1. The van der Waals surface area contributed by atoms with Crippen molar-refractivity contribution in [2.75, 3.05) is 16.8 Å². The van der Waals surface area contributed by atoms with E-state index in [2.05, 4.69) is 30.2 Å². The number of aliphatic hydroxyl groups is 1. The van der Waals surface area contributed by atoms with Gasteiger partial charge in [-0.2, -0.15) is 9.97 Å². The first-order valence-electron chi connectivity index (χ1n) is 10.0. The second-order valence-corrected chi connectivity index (χ2v) is 7.39. The highest BCUT2D eigenvalue weighted by Gasteiger charge is 2.38. The maximum atomic E-state index is 12.3. The summed E-state index contributed by atoms with van der Waals surface area (Å²) in [6, 6.07) is 5.39. The summed E-state index contributed by atoms with van der Waals surface area (Å²) < 4.78 is 51.0. The molecular formula is C20H19F3N6O5. The molecule has 1 unspecified atom stereocenters. The zero-order valence-electron chi connectivity index (χ0n) is 17.9. The van der Waals surface area contributed by atoms with Gasteiger partial charge in [-0.05, 0) is 44.2 Å². The van der Waals surface area contributed by atoms with Gasteiger partial charge in [0.2, 0.25) is 17.7 Å². The molecule has 0 radical (unpaired) electrons. The monoisotopic (exact) mass is 480 g/mol. The molecule has 0 spiro atoms. The van der Waals surface area contributed by atoms with Gasteiger partial charge in [0.1, 0.15) is 30.3 Å². The zero-order chi connectivity index (χ0) is 24.5. The number of hydrogen-bond acceptors (Lipinski definition) is 10. The number of nitrogens with zero attached hydrogens (tertiary/aromatic N) is 5. The highest BCUT2D eigenvalue weighted by atomic mass is 19.4. The maximum absolute atomic E-state index is 12.3. The Morgan fingerprint density at radius 2 is 1.94 bits per heavy atom. The molecule has 1 aromatic carbocycles. The fourth-order valence-corrected chi connectivity index (χ4v) is 3.20. The Morgan fingerprint density at radius 1 is 1.21 bits per heavy atom. The molecule has 11 nitrogen and oxygen atoms in total. The standard InChI is InChI=1S/C20H19F3N6O5/c1-10(17-27-16(28-34-17)12-3-5-13(6-4-12)33-20(21,22)23)25-18-24-8-7-15(26-18)29-14(11(2)30)9-32-19(29)31/h3-8,10-11,14,30H,9H2,1-2H3,(H,24,25,26)/t10-,11+,14?/m0/s1. The number of aromatic nitrogens is 4. The second kappa shape index (κ2) is 9.13. The van der Waals surface area contributed by atoms with E-state index in [1.165, 1.54) is 29.3 Å². The van der Waals surface area contributed by atoms with Crippen LogP contribution in [0.4, 0.5) is 29.7 Å². The number of carbonyl (C=O) groups excluding carboxylic acids is 1. The number of benzene rings is 1. The van der Waals surface area contributed by atoms with E-state index in [-0.39, 0.29) is 35.8 Å². The average molecular weight is 480 g/mol. The number of rotatable bonds is 7. The zero-order valence-corrected chi connectivity index (χ0v) is 17.9. The van der Waals surface area contributed by atoms with Crippen molar-refractivity contribution in [2.24, 2.45) is 0 Å². The van der Waals surface area contributed by atoms with Crippen molar-refractivity contribution in [1.29, 1.82) is 0 Å². The Kier molecular flexibility index (Phi) is 6.24. The number of amides is 1. The lowest BCUT2D eigenvalue weighted by atomic mass is 10.2. The maximum Gasteiger partial charge on any atom is 0.573 e. The summed E-state index contributed by atoms with van der Waals surface area (Å²) in [5.41, 5.74) is 0.423. The van der Waals surface area contributed by atoms with E-state index in [9.17, 15) is 23.1 Å². The van der Waals surface area contributed by atoms with Crippen LogP contribution in [-0.2, 0) is 4.74 Å². The number of hydrogen-bond donors (Lipinski definition) is 2. The number of aliphatic hydroxyl groups excluding tert-OH is 1. The quantitative estimate of drug-likeness (QED) is 0.518. The number of anilines is 2. The molecule has 3 heterocycles. The summed E-state index contributed by atoms with van der Waals surface area (Å²) in [6.45, 7) is 3.29. The number of ether oxygens (including phenoxy) is 2. The van der Waals surface area contributed by atoms with E-state index in [1.807, 2.05) is 0 Å². The van der Waals surface area contributed by atoms with E-state index >= 15 is 0 Å². The lowest BCUT2D eigenvalue weighted by Crippen LogP contribution is -2.41. The molecule has 1 aliphatic heterocycles. The molecule has 4 rings (SSSR count). The first-order valence-corrected chi connectivity index (χ1v) is 10.0. The largest absolute Gasteiger partial charge is 0.573 e. The molecule has 1 amide bonds. The summed E-state index contributed by atoms with van der Waals surface area (Å²) in [7, 11) is 0. The predicted octanol–water partition coefficient (Wildman–Crippen LogP) is 3.30. The van der Waals surface area contributed by atoms with Crippen LogP contribution in [0.1, 0.15) is 25.8 Å². The van der Waals surface area contributed by atoms with Crippen molar-refractivity contribution >= 4 is 17.9 Å². The van der Waals surface area contributed by atoms with Gasteiger partial charge in [-0.1, -0.05) is 5.16 Å². The number of alkyl halides is 3. The molecule has 2 N–H and O–H groups in total. The van der Waals surface area contributed by atoms with Crippen LogP contribution in [0.25, 0.3) is 11.4 Å². The minimum absolute atomic E-state index is 0.0355. The van der Waals surface area contributed by atoms with Crippen molar-refractivity contribution in [2.45, 2.75) is 38.4 Å². The van der Waals surface area contributed by atoms with Gasteiger partial charge in [-0.3, -0.25) is 4.90 Å². The van der Waals surface area contributed by atoms with Gasteiger partial charge in [0.05, 0.1) is 6.10 Å². The molecule has 1 fully saturated rings. The van der Waals surface area contributed by atoms with Crippen molar-refractivity contribution < 1.29 is 37.1 Å². The summed E-state index contributed by atoms with van der Waals surface area (Å²) >= 11 is 0. The molecule has 0 saturated carbocycles. The van der Waals surface area contributed by atoms with E-state index in [0.717, 1.165) is 12.1 Å². The van der Waals surface area contributed by atoms with E-state index in [0.29, 0.717) is 5.56 Å². The highest BCUT2D eigenvalue weighted by Crippen LogP contribution is 2.27. The van der Waals surface area contributed by atoms with E-state index in [4.69, 9.17) is 9.26 Å². The Morgan fingerprint density at radius 3 is 2.62 bits per heavy atom. The third kappa shape index (κ3) is 5.17. The second-order valence-electron chi connectivity index (χ2n) is 7.39. The smallest absolute Gasteiger partial charge is 0.447 e. The number of halogens is 3. The molecule has 2 aromatic heterocycles. The van der Waals surface area contributed by atoms with E-state index in [1.54, 1.807) is 13.8 Å². The lowest BCUT2D eigenvalue weighted by Gasteiger charge is -2.22. The molecule has 0 bridgehead atoms. The number of nitrogens with one attached hydrogen (secondary N) is 1. The fourth-order valence-electron chi connectivity index (χ4n) is 3.20. The van der Waals surface area contributed by atoms with Crippen LogP contribution in [-0.4, -0.2) is 56.4 Å². The Bertz CT molecular complexity index is 1150. The van der Waals surface area contributed by atoms with Crippen molar-refractivity contribution in [1.82, 2.24) is 20.1 Å². The normalized spacial score (nSPS) is 17.9. The summed E-state index contributed by atoms with van der Waals surface area (Å²) in [5.74, 6) is 0.359. The van der Waals surface area contributed by atoms with Crippen molar-refractivity contribution in [3.05, 3.63) is 42.4 Å². The molecule has 14 heteroatoms. The summed E-state index contributed by atoms with van der Waals surface area (Å²) in [5, 5.41) is 16.7. The van der Waals surface area contributed by atoms with Crippen LogP contribution < -0.4 is 15.0 Å². The molecule has 1 saturated heterocycles. The van der Waals surface area contributed by atoms with Gasteiger partial charge >= 0.3 is 12.5 Å². The molecular weight excluding hydrogens is 461 g/mol. The minimum Gasteiger partial charge on any atom is -0.447 e. The average Bonchev–Trinajstić information content (AvgIpc) is 3.41. The van der Waals surface area contributed by atoms with Crippen LogP contribution in [0.5, 0.6) is 5.75 Å². The van der Waals surface area contributed by atoms with Crippen molar-refractivity contribution in [3.8, 4) is 17.1 Å². The lowest BCUT2D eigenvalue weighted by molar-refractivity contribution is -0.274. The molecule has 3 aromatic rings. The van der Waals surface area contributed by atoms with Crippen LogP contribution in [0.15, 0.2) is 41.1 Å². The van der Waals surface area contributed by atoms with Gasteiger partial charge in [-0.25, -0.2) is 9.78 Å². The summed E-state index contributed by atoms with van der Waals surface area (Å²) in [6.07, 6.45) is -4.81. The van der Waals surface area contributed by atoms with Gasteiger partial charge in [0.25, 0.3) is 0 Å². The van der Waals surface area contributed by atoms with Gasteiger partial charge in [0, 0.05) is 11.8 Å². The third-order valence-corrected chi connectivity index (χ3v) is 4.85. The van der Waals surface area contributed by atoms with Crippen molar-refractivity contribution in [3.63, 3.8) is 0 Å². The Labute approximate surface area is 190 Å². The van der Waals surface area contributed by atoms with Gasteiger partial charge in [-0.15, -0.1) is 13.2 Å². The SMILES string of the molecule is C[C@H](Nc1nccc(N2C(=O)OCC2[C@@H](C)O)n1)c1nc(-c2ccc(OC(F)(F)F)cc2)no1. The van der Waals surface area contributed by atoms with Crippen LogP contribution in [0.3, 0.4) is 0 Å². The molecule has 180 valence electrons. The first-order chi connectivity index (χ1) is 16.1. The van der Waals surface area contributed by atoms with Gasteiger partial charge in [0.15, 0.2) is 0 Å². The molecule has 34 heavy (non-hydrogen) atoms. The molecule has 1 aliphatic rings. The number of cyclic esters (lactones) is 1. The fraction of sp³-hybridized carbons (Fsp3) is 0.350. The highest BCUT2D eigenvalue weighted by molar-refractivity contribution is 5.89. The Hall–Kier alpha value is -3.94. The van der Waals surface area contributed by atoms with Crippen LogP contribution in [0, 0.1) is 0 Å². The predicted molar refractivity (Wildman–Crippen MR) is 110 cm³/mol. The molecule has 3 atom stereocenters. The van der Waals surface area contributed by atoms with Crippen LogP contribution in [0.2, 0.25) is 0 Å². The minimum atomic E-state index is -4.78. The van der Waals surface area contributed by atoms with E-state index < -0.39 is 30.6 Å². The Balaban J connectivity index is 1.46. The van der Waals surface area contributed by atoms with Crippen LogP contribution >= 0.6 is 0 Å². The van der Waals surface area contributed by atoms with Gasteiger partial charge < -0.3 is 24.4 Å². The third-order valence-electron chi connectivity index (χ3n) is 4.85. The topological polar surface area (TPSA) is 136 Å². The summed E-state index contributed by atoms with van der Waals surface area (Å²) in [4.78, 5) is 26.0.